The molecule has 0 radical (unpaired) electrons. The van der Waals surface area contributed by atoms with Crippen LogP contribution < -0.4 is 9.47 Å². The van der Waals surface area contributed by atoms with Gasteiger partial charge in [0.15, 0.2) is 11.5 Å². The van der Waals surface area contributed by atoms with Crippen LogP contribution in [0.4, 0.5) is 0 Å². The summed E-state index contributed by atoms with van der Waals surface area (Å²) in [5.41, 5.74) is 0.757. The average molecular weight is 225 g/mol. The fourth-order valence-electron chi connectivity index (χ4n) is 1.36. The van der Waals surface area contributed by atoms with Gasteiger partial charge in [-0.2, -0.15) is 0 Å². The summed E-state index contributed by atoms with van der Waals surface area (Å²) in [6.07, 6.45) is 0.163. The van der Waals surface area contributed by atoms with Crippen molar-refractivity contribution in [2.24, 2.45) is 0 Å². The second-order valence-corrected chi connectivity index (χ2v) is 3.75. The lowest BCUT2D eigenvalue weighted by molar-refractivity contribution is -0.136. The highest BCUT2D eigenvalue weighted by molar-refractivity contribution is 5.70. The van der Waals surface area contributed by atoms with Gasteiger partial charge >= 0.3 is 5.97 Å². The van der Waals surface area contributed by atoms with E-state index in [0.717, 1.165) is 5.56 Å². The smallest absolute Gasteiger partial charge is 0.520 e. The summed E-state index contributed by atoms with van der Waals surface area (Å²) in [4.78, 5) is 10.7. The van der Waals surface area contributed by atoms with E-state index < -0.39 is 5.97 Å². The molecule has 4 heteroatoms. The third-order valence-electron chi connectivity index (χ3n) is 1.96. The summed E-state index contributed by atoms with van der Waals surface area (Å²) >= 11 is 0. The zero-order chi connectivity index (χ0) is 12.1. The van der Waals surface area contributed by atoms with Crippen LogP contribution in [-0.2, 0) is 11.2 Å². The standard InChI is InChI=1S/C12H16O4/c1-8(2)16-10-5-4-9(7-12(13)14)6-11(10)15-3/h4-6,8H,7H2,1-3H3,(H,13,14)/p+1. The van der Waals surface area contributed by atoms with Crippen LogP contribution in [0.15, 0.2) is 18.2 Å². The summed E-state index contributed by atoms with van der Waals surface area (Å²) in [6.45, 7) is 3.86. The maximum absolute atomic E-state index is 10.7. The first-order valence-corrected chi connectivity index (χ1v) is 5.11. The Balaban J connectivity index is 2.92. The van der Waals surface area contributed by atoms with E-state index in [9.17, 15) is 4.79 Å². The van der Waals surface area contributed by atoms with Gasteiger partial charge in [0.25, 0.3) is 0 Å². The molecule has 0 fully saturated rings. The Kier molecular flexibility index (Phi) is 4.17. The van der Waals surface area contributed by atoms with Gasteiger partial charge in [-0.3, -0.25) is 0 Å². The first-order valence-electron chi connectivity index (χ1n) is 5.11. The highest BCUT2D eigenvalue weighted by Crippen LogP contribution is 2.29. The van der Waals surface area contributed by atoms with Crippen molar-refractivity contribution in [2.45, 2.75) is 26.4 Å². The Labute approximate surface area is 94.8 Å². The molecular weight excluding hydrogens is 208 g/mol. The van der Waals surface area contributed by atoms with Gasteiger partial charge in [-0.15, -0.1) is 0 Å². The van der Waals surface area contributed by atoms with E-state index in [1.54, 1.807) is 25.3 Å². The van der Waals surface area contributed by atoms with Gasteiger partial charge in [0, 0.05) is 4.79 Å². The van der Waals surface area contributed by atoms with E-state index in [1.807, 2.05) is 13.8 Å². The molecule has 0 amide bonds. The van der Waals surface area contributed by atoms with Gasteiger partial charge in [-0.25, -0.2) is 0 Å². The van der Waals surface area contributed by atoms with Gasteiger partial charge in [0.2, 0.25) is 0 Å². The first kappa shape index (κ1) is 12.4. The molecule has 0 saturated carbocycles. The summed E-state index contributed by atoms with van der Waals surface area (Å²) in [5, 5.41) is 6.90. The van der Waals surface area contributed by atoms with E-state index in [1.165, 1.54) is 0 Å². The number of benzene rings is 1. The molecule has 16 heavy (non-hydrogen) atoms. The van der Waals surface area contributed by atoms with Crippen LogP contribution in [0, 0.1) is 0 Å². The van der Waals surface area contributed by atoms with E-state index >= 15 is 0 Å². The normalized spacial score (nSPS) is 10.2. The minimum absolute atomic E-state index is 0.0672. The summed E-state index contributed by atoms with van der Waals surface area (Å²) in [6, 6.07) is 5.26. The summed E-state index contributed by atoms with van der Waals surface area (Å²) in [5.74, 6) is 0.630. The quantitative estimate of drug-likeness (QED) is 0.709. The lowest BCUT2D eigenvalue weighted by atomic mass is 10.1. The Morgan fingerprint density at radius 1 is 1.38 bits per heavy atom. The van der Waals surface area contributed by atoms with Crippen molar-refractivity contribution < 1.29 is 19.4 Å². The molecule has 0 saturated heterocycles. The maximum atomic E-state index is 10.7. The molecule has 4 nitrogen and oxygen atoms in total. The van der Waals surface area contributed by atoms with Gasteiger partial charge < -0.3 is 14.6 Å². The summed E-state index contributed by atoms with van der Waals surface area (Å²) < 4.78 is 10.7. The van der Waals surface area contributed by atoms with Crippen molar-refractivity contribution in [3.8, 4) is 11.5 Å². The highest BCUT2D eigenvalue weighted by Gasteiger charge is 2.12. The minimum atomic E-state index is -0.611. The number of hydrogen-bond donors (Lipinski definition) is 0. The Hall–Kier alpha value is -1.71. The van der Waals surface area contributed by atoms with Gasteiger partial charge in [-0.1, -0.05) is 6.07 Å². The Morgan fingerprint density at radius 2 is 2.06 bits per heavy atom. The second kappa shape index (κ2) is 5.39. The van der Waals surface area contributed by atoms with Crippen LogP contribution in [0.2, 0.25) is 0 Å². The molecule has 0 aliphatic heterocycles. The Bertz CT molecular complexity index is 371. The van der Waals surface area contributed by atoms with E-state index in [0.29, 0.717) is 11.5 Å². The lowest BCUT2D eigenvalue weighted by Gasteiger charge is -2.13. The minimum Gasteiger partial charge on any atom is -0.564 e. The average Bonchev–Trinajstić information content (AvgIpc) is 2.18. The molecule has 0 spiro atoms. The van der Waals surface area contributed by atoms with Crippen LogP contribution in [0.25, 0.3) is 0 Å². The largest absolute Gasteiger partial charge is 0.564 e. The molecule has 2 N–H and O–H groups in total. The third-order valence-corrected chi connectivity index (χ3v) is 1.96. The first-order chi connectivity index (χ1) is 7.52. The molecule has 0 bridgehead atoms. The van der Waals surface area contributed by atoms with E-state index in [4.69, 9.17) is 14.6 Å². The predicted octanol–water partition coefficient (Wildman–Crippen LogP) is 1.28. The molecule has 0 heterocycles. The fraction of sp³-hybridized carbons (Fsp3) is 0.417. The van der Waals surface area contributed by atoms with Crippen molar-refractivity contribution in [1.29, 1.82) is 0 Å². The van der Waals surface area contributed by atoms with Gasteiger partial charge in [0.05, 0.1) is 13.2 Å². The van der Waals surface area contributed by atoms with E-state index in [2.05, 4.69) is 0 Å². The molecule has 0 aromatic heterocycles. The van der Waals surface area contributed by atoms with Crippen LogP contribution >= 0.6 is 0 Å². The molecule has 1 aromatic carbocycles. The molecule has 0 aliphatic rings. The summed E-state index contributed by atoms with van der Waals surface area (Å²) in [7, 11) is 1.55. The molecular formula is C12H17O4+. The number of rotatable bonds is 5. The van der Waals surface area contributed by atoms with Crippen molar-refractivity contribution >= 4 is 5.97 Å². The predicted molar refractivity (Wildman–Crippen MR) is 61.1 cm³/mol. The van der Waals surface area contributed by atoms with Gasteiger partial charge in [-0.05, 0) is 31.5 Å². The third kappa shape index (κ3) is 3.46. The number of hydrogen-bond acceptors (Lipinski definition) is 3. The number of methoxy groups -OCH3 is 1. The van der Waals surface area contributed by atoms with Crippen LogP contribution in [0.3, 0.4) is 0 Å². The molecule has 1 aromatic rings. The van der Waals surface area contributed by atoms with Crippen molar-refractivity contribution in [3.63, 3.8) is 0 Å². The monoisotopic (exact) mass is 225 g/mol. The highest BCUT2D eigenvalue weighted by atomic mass is 16.5. The zero-order valence-electron chi connectivity index (χ0n) is 9.74. The number of ether oxygens (including phenoxy) is 2. The molecule has 0 unspecified atom stereocenters. The molecule has 0 aliphatic carbocycles. The topological polar surface area (TPSA) is 58.4 Å². The molecule has 0 atom stereocenters. The number of carbonyl (C=O) groups excluding carboxylic acids is 1. The van der Waals surface area contributed by atoms with Crippen LogP contribution in [-0.4, -0.2) is 24.3 Å². The van der Waals surface area contributed by atoms with Crippen LogP contribution in [0.5, 0.6) is 11.5 Å². The molecule has 1 rings (SSSR count). The molecule has 88 valence electrons. The fourth-order valence-corrected chi connectivity index (χ4v) is 1.36. The lowest BCUT2D eigenvalue weighted by Crippen LogP contribution is -2.07. The Morgan fingerprint density at radius 3 is 2.56 bits per heavy atom. The van der Waals surface area contributed by atoms with Crippen molar-refractivity contribution in [1.82, 2.24) is 0 Å². The maximum Gasteiger partial charge on any atom is 0.520 e. The van der Waals surface area contributed by atoms with E-state index in [-0.39, 0.29) is 12.5 Å². The van der Waals surface area contributed by atoms with Crippen molar-refractivity contribution in [3.05, 3.63) is 23.8 Å². The second-order valence-electron chi connectivity index (χ2n) is 3.75. The van der Waals surface area contributed by atoms with Gasteiger partial charge in [0.1, 0.15) is 6.42 Å². The SMILES string of the molecule is COc1cc(CC(=O)[OH2+])ccc1OC(C)C. The van der Waals surface area contributed by atoms with Crippen molar-refractivity contribution in [2.75, 3.05) is 7.11 Å². The zero-order valence-corrected chi connectivity index (χ0v) is 9.74. The van der Waals surface area contributed by atoms with Crippen LogP contribution in [0.1, 0.15) is 19.4 Å². The number of carbonyl (C=O) groups is 1.